The van der Waals surface area contributed by atoms with Crippen molar-refractivity contribution in [2.45, 2.75) is 25.8 Å². The van der Waals surface area contributed by atoms with E-state index in [4.69, 9.17) is 0 Å². The molecule has 1 atom stereocenters. The van der Waals surface area contributed by atoms with Crippen LogP contribution in [-0.4, -0.2) is 63.1 Å². The Morgan fingerprint density at radius 2 is 2.00 bits per heavy atom. The minimum absolute atomic E-state index is 0. The third-order valence-electron chi connectivity index (χ3n) is 4.20. The zero-order chi connectivity index (χ0) is 19.1. The van der Waals surface area contributed by atoms with E-state index in [1.165, 1.54) is 23.1 Å². The fourth-order valence-corrected chi connectivity index (χ4v) is 2.75. The lowest BCUT2D eigenvalue weighted by molar-refractivity contribution is -0.127. The van der Waals surface area contributed by atoms with E-state index in [2.05, 4.69) is 15.6 Å². The van der Waals surface area contributed by atoms with Gasteiger partial charge in [0.1, 0.15) is 23.9 Å². The second-order valence-corrected chi connectivity index (χ2v) is 6.53. The molecule has 0 saturated carbocycles. The summed E-state index contributed by atoms with van der Waals surface area (Å²) in [7, 11) is 3.37. The maximum absolute atomic E-state index is 14.0. The summed E-state index contributed by atoms with van der Waals surface area (Å²) in [6, 6.07) is 3.89. The maximum Gasteiger partial charge on any atom is 0.243 e. The number of amides is 1. The molecule has 1 aromatic rings. The number of benzene rings is 1. The highest BCUT2D eigenvalue weighted by Gasteiger charge is 2.27. The highest BCUT2D eigenvalue weighted by atomic mass is 127. The van der Waals surface area contributed by atoms with Gasteiger partial charge in [0.15, 0.2) is 5.96 Å². The quantitative estimate of drug-likeness (QED) is 0.361. The lowest BCUT2D eigenvalue weighted by atomic mass is 10.2. The Morgan fingerprint density at radius 3 is 2.59 bits per heavy atom. The van der Waals surface area contributed by atoms with Crippen LogP contribution in [0.3, 0.4) is 0 Å². The molecule has 1 unspecified atom stereocenters. The van der Waals surface area contributed by atoms with Crippen molar-refractivity contribution in [3.05, 3.63) is 29.8 Å². The molecule has 2 N–H and O–H groups in total. The fraction of sp³-hybridized carbons (Fsp3) is 0.556. The molecule has 0 spiro atoms. The van der Waals surface area contributed by atoms with Gasteiger partial charge in [-0.15, -0.1) is 24.0 Å². The number of anilines is 1. The van der Waals surface area contributed by atoms with E-state index in [0.29, 0.717) is 19.0 Å². The molecule has 0 radical (unpaired) electrons. The Labute approximate surface area is 176 Å². The van der Waals surface area contributed by atoms with Gasteiger partial charge in [-0.2, -0.15) is 0 Å². The van der Waals surface area contributed by atoms with Crippen LogP contribution in [0.5, 0.6) is 0 Å². The number of rotatable bonds is 6. The largest absolute Gasteiger partial charge is 0.365 e. The molecule has 1 aliphatic heterocycles. The molecule has 152 valence electrons. The Hall–Kier alpha value is -1.65. The van der Waals surface area contributed by atoms with Crippen LogP contribution in [0, 0.1) is 11.6 Å². The first-order valence-electron chi connectivity index (χ1n) is 8.86. The molecule has 9 heteroatoms. The lowest BCUT2D eigenvalue weighted by Gasteiger charge is -2.21. The van der Waals surface area contributed by atoms with E-state index < -0.39 is 11.6 Å². The van der Waals surface area contributed by atoms with E-state index in [1.54, 1.807) is 19.0 Å². The van der Waals surface area contributed by atoms with Gasteiger partial charge in [-0.1, -0.05) is 13.0 Å². The SMILES string of the molecule is CCCNC(=NCC(=O)N(C)C)NC1CCN(c2c(F)cccc2F)C1.I. The van der Waals surface area contributed by atoms with Gasteiger partial charge in [-0.05, 0) is 25.0 Å². The van der Waals surface area contributed by atoms with Crippen LogP contribution >= 0.6 is 24.0 Å². The smallest absolute Gasteiger partial charge is 0.243 e. The molecule has 0 aromatic heterocycles. The van der Waals surface area contributed by atoms with E-state index in [9.17, 15) is 13.6 Å². The average molecular weight is 495 g/mol. The molecular formula is C18H28F2IN5O. The van der Waals surface area contributed by atoms with Crippen LogP contribution in [0.15, 0.2) is 23.2 Å². The first kappa shape index (κ1) is 23.4. The number of hydrogen-bond acceptors (Lipinski definition) is 3. The summed E-state index contributed by atoms with van der Waals surface area (Å²) in [5.74, 6) is -0.660. The second-order valence-electron chi connectivity index (χ2n) is 6.53. The molecule has 2 rings (SSSR count). The molecule has 1 heterocycles. The number of hydrogen-bond donors (Lipinski definition) is 2. The molecule has 1 saturated heterocycles. The third kappa shape index (κ3) is 6.78. The first-order valence-corrected chi connectivity index (χ1v) is 8.86. The molecular weight excluding hydrogens is 467 g/mol. The van der Waals surface area contributed by atoms with Crippen LogP contribution in [0.25, 0.3) is 0 Å². The Bertz CT molecular complexity index is 636. The van der Waals surface area contributed by atoms with Crippen molar-refractivity contribution >= 4 is 41.5 Å². The molecule has 1 aliphatic rings. The summed E-state index contributed by atoms with van der Waals surface area (Å²) in [6.07, 6.45) is 1.64. The molecule has 1 aromatic carbocycles. The Kier molecular flexibility index (Phi) is 9.75. The summed E-state index contributed by atoms with van der Waals surface area (Å²) in [5, 5.41) is 6.43. The highest BCUT2D eigenvalue weighted by molar-refractivity contribution is 14.0. The van der Waals surface area contributed by atoms with Crippen LogP contribution in [0.4, 0.5) is 14.5 Å². The van der Waals surface area contributed by atoms with Gasteiger partial charge in [0.05, 0.1) is 0 Å². The van der Waals surface area contributed by atoms with E-state index in [-0.39, 0.29) is 48.2 Å². The third-order valence-corrected chi connectivity index (χ3v) is 4.20. The number of carbonyl (C=O) groups is 1. The summed E-state index contributed by atoms with van der Waals surface area (Å²) in [4.78, 5) is 19.2. The molecule has 6 nitrogen and oxygen atoms in total. The predicted molar refractivity (Wildman–Crippen MR) is 115 cm³/mol. The predicted octanol–water partition coefficient (Wildman–Crippen LogP) is 2.19. The Morgan fingerprint density at radius 1 is 1.33 bits per heavy atom. The standard InChI is InChI=1S/C18H27F2N5O.HI/c1-4-9-21-18(22-11-16(26)24(2)3)23-13-8-10-25(12-13)17-14(19)6-5-7-15(17)20;/h5-7,13H,4,8-12H2,1-3H3,(H2,21,22,23);1H. The zero-order valence-electron chi connectivity index (χ0n) is 16.0. The van der Waals surface area contributed by atoms with Crippen molar-refractivity contribution in [2.75, 3.05) is 45.2 Å². The van der Waals surface area contributed by atoms with E-state index >= 15 is 0 Å². The van der Waals surface area contributed by atoms with Crippen molar-refractivity contribution in [2.24, 2.45) is 4.99 Å². The van der Waals surface area contributed by atoms with E-state index in [0.717, 1.165) is 19.4 Å². The monoisotopic (exact) mass is 495 g/mol. The summed E-state index contributed by atoms with van der Waals surface area (Å²) < 4.78 is 27.9. The number of aliphatic imine (C=N–C) groups is 1. The number of nitrogens with one attached hydrogen (secondary N) is 2. The Balaban J connectivity index is 0.00000364. The number of nitrogens with zero attached hydrogens (tertiary/aromatic N) is 3. The minimum Gasteiger partial charge on any atom is -0.365 e. The number of halogens is 3. The number of carbonyl (C=O) groups excluding carboxylic acids is 1. The first-order chi connectivity index (χ1) is 12.4. The summed E-state index contributed by atoms with van der Waals surface area (Å²) in [5.41, 5.74) is 0.0135. The van der Waals surface area contributed by atoms with E-state index in [1.807, 2.05) is 6.92 Å². The van der Waals surface area contributed by atoms with Gasteiger partial charge in [0, 0.05) is 39.8 Å². The normalized spacial score (nSPS) is 16.7. The molecule has 0 aliphatic carbocycles. The van der Waals surface area contributed by atoms with Gasteiger partial charge in [0.2, 0.25) is 5.91 Å². The van der Waals surface area contributed by atoms with Gasteiger partial charge in [-0.25, -0.2) is 13.8 Å². The zero-order valence-corrected chi connectivity index (χ0v) is 18.3. The average Bonchev–Trinajstić information content (AvgIpc) is 3.04. The van der Waals surface area contributed by atoms with Gasteiger partial charge >= 0.3 is 0 Å². The number of para-hydroxylation sites is 1. The van der Waals surface area contributed by atoms with Crippen LogP contribution in [0.1, 0.15) is 19.8 Å². The molecule has 1 amide bonds. The van der Waals surface area contributed by atoms with Crippen molar-refractivity contribution < 1.29 is 13.6 Å². The van der Waals surface area contributed by atoms with Gasteiger partial charge in [-0.3, -0.25) is 4.79 Å². The number of likely N-dealkylation sites (N-methyl/N-ethyl adjacent to an activating group) is 1. The van der Waals surface area contributed by atoms with Gasteiger partial charge in [0.25, 0.3) is 0 Å². The number of guanidine groups is 1. The van der Waals surface area contributed by atoms with Crippen LogP contribution in [-0.2, 0) is 4.79 Å². The van der Waals surface area contributed by atoms with Crippen molar-refractivity contribution in [1.82, 2.24) is 15.5 Å². The van der Waals surface area contributed by atoms with Crippen molar-refractivity contribution in [3.63, 3.8) is 0 Å². The lowest BCUT2D eigenvalue weighted by Crippen LogP contribution is -2.45. The van der Waals surface area contributed by atoms with Crippen molar-refractivity contribution in [3.8, 4) is 0 Å². The summed E-state index contributed by atoms with van der Waals surface area (Å²) in [6.45, 7) is 3.82. The molecule has 27 heavy (non-hydrogen) atoms. The minimum atomic E-state index is -0.555. The summed E-state index contributed by atoms with van der Waals surface area (Å²) >= 11 is 0. The highest BCUT2D eigenvalue weighted by Crippen LogP contribution is 2.26. The molecule has 1 fully saturated rings. The molecule has 0 bridgehead atoms. The van der Waals surface area contributed by atoms with Crippen LogP contribution < -0.4 is 15.5 Å². The van der Waals surface area contributed by atoms with Crippen molar-refractivity contribution in [1.29, 1.82) is 0 Å². The second kappa shape index (κ2) is 11.3. The fourth-order valence-electron chi connectivity index (χ4n) is 2.75. The topological polar surface area (TPSA) is 60.0 Å². The van der Waals surface area contributed by atoms with Gasteiger partial charge < -0.3 is 20.4 Å². The van der Waals surface area contributed by atoms with Crippen LogP contribution in [0.2, 0.25) is 0 Å². The maximum atomic E-state index is 14.0.